The number of hydrogen-bond acceptors (Lipinski definition) is 8. The quantitative estimate of drug-likeness (QED) is 0.475. The second-order valence-corrected chi connectivity index (χ2v) is 9.56. The van der Waals surface area contributed by atoms with Crippen LogP contribution in [0.5, 0.6) is 17.4 Å². The van der Waals surface area contributed by atoms with E-state index in [1.165, 1.54) is 13.3 Å². The minimum Gasteiger partial charge on any atom is -0.507 e. The molecule has 4 rings (SSSR count). The molecule has 1 aliphatic heterocycles. The summed E-state index contributed by atoms with van der Waals surface area (Å²) in [4.78, 5) is 44.3. The molecule has 0 fully saturated rings. The fraction of sp³-hybridized carbons (Fsp3) is 0.385. The summed E-state index contributed by atoms with van der Waals surface area (Å²) in [7, 11) is 1.39. The fourth-order valence-corrected chi connectivity index (χ4v) is 4.66. The van der Waals surface area contributed by atoms with Gasteiger partial charge in [0.05, 0.1) is 12.7 Å². The van der Waals surface area contributed by atoms with E-state index in [1.807, 2.05) is 13.8 Å². The number of rotatable bonds is 5. The Balaban J connectivity index is 1.93. The Morgan fingerprint density at radius 1 is 1.30 bits per heavy atom. The first-order valence-electron chi connectivity index (χ1n) is 11.9. The summed E-state index contributed by atoms with van der Waals surface area (Å²) in [6.07, 6.45) is 2.80. The summed E-state index contributed by atoms with van der Waals surface area (Å²) in [6.45, 7) is 8.88. The van der Waals surface area contributed by atoms with Gasteiger partial charge in [-0.05, 0) is 65.2 Å². The van der Waals surface area contributed by atoms with Crippen molar-refractivity contribution in [3.8, 4) is 23.1 Å². The molecule has 37 heavy (non-hydrogen) atoms. The van der Waals surface area contributed by atoms with Gasteiger partial charge in [0.2, 0.25) is 5.88 Å². The number of methoxy groups -OCH3 is 1. The Labute approximate surface area is 213 Å². The summed E-state index contributed by atoms with van der Waals surface area (Å²) >= 11 is 0. The number of nitrogen functional groups attached to an aromatic ring is 1. The van der Waals surface area contributed by atoms with E-state index in [2.05, 4.69) is 10.3 Å². The van der Waals surface area contributed by atoms with E-state index in [0.29, 0.717) is 29.7 Å². The Morgan fingerprint density at radius 3 is 2.65 bits per heavy atom. The second kappa shape index (κ2) is 9.30. The topological polar surface area (TPSA) is 151 Å². The van der Waals surface area contributed by atoms with E-state index in [0.717, 1.165) is 14.7 Å². The summed E-state index contributed by atoms with van der Waals surface area (Å²) < 4.78 is 13.5. The zero-order valence-corrected chi connectivity index (χ0v) is 21.8. The number of amides is 1. The van der Waals surface area contributed by atoms with Gasteiger partial charge in [0.15, 0.2) is 0 Å². The predicted octanol–water partition coefficient (Wildman–Crippen LogP) is 2.68. The van der Waals surface area contributed by atoms with E-state index in [-0.39, 0.29) is 40.9 Å². The zero-order valence-electron chi connectivity index (χ0n) is 21.8. The van der Waals surface area contributed by atoms with Crippen molar-refractivity contribution in [1.82, 2.24) is 14.1 Å². The Morgan fingerprint density at radius 2 is 2.00 bits per heavy atom. The van der Waals surface area contributed by atoms with Crippen LogP contribution in [0.4, 0.5) is 11.5 Å². The van der Waals surface area contributed by atoms with E-state index >= 15 is 0 Å². The normalized spacial score (nSPS) is 14.0. The molecule has 1 amide bonds. The number of ether oxygens (including phenoxy) is 2. The molecule has 3 heterocycles. The first kappa shape index (κ1) is 25.8. The largest absolute Gasteiger partial charge is 0.507 e. The van der Waals surface area contributed by atoms with Gasteiger partial charge in [-0.3, -0.25) is 14.2 Å². The summed E-state index contributed by atoms with van der Waals surface area (Å²) in [5.41, 5.74) is 6.03. The number of pyridine rings is 1. The molecule has 0 saturated carbocycles. The average Bonchev–Trinajstić information content (AvgIpc) is 2.85. The van der Waals surface area contributed by atoms with Gasteiger partial charge in [0.25, 0.3) is 11.5 Å². The van der Waals surface area contributed by atoms with Crippen molar-refractivity contribution in [2.75, 3.05) is 18.2 Å². The highest BCUT2D eigenvalue weighted by molar-refractivity contribution is 6.09. The SMILES string of the molecule is CCn1c(=O)c(NC(=O)c2c(C)c(O)c(C)c3c2OC(C)(C)CC3)c(N)n(-c2cccnc2OC)c1=O. The molecule has 11 heteroatoms. The molecule has 0 unspecified atom stereocenters. The molecule has 0 atom stereocenters. The van der Waals surface area contributed by atoms with Gasteiger partial charge < -0.3 is 25.6 Å². The van der Waals surface area contributed by atoms with Crippen molar-refractivity contribution in [3.63, 3.8) is 0 Å². The van der Waals surface area contributed by atoms with E-state index in [4.69, 9.17) is 15.2 Å². The molecule has 0 saturated heterocycles. The van der Waals surface area contributed by atoms with Crippen LogP contribution in [-0.2, 0) is 13.0 Å². The van der Waals surface area contributed by atoms with Crippen LogP contribution < -0.4 is 31.8 Å². The highest BCUT2D eigenvalue weighted by Crippen LogP contribution is 2.43. The van der Waals surface area contributed by atoms with Crippen molar-refractivity contribution in [2.24, 2.45) is 0 Å². The molecule has 2 aromatic heterocycles. The molecule has 0 bridgehead atoms. The van der Waals surface area contributed by atoms with Crippen molar-refractivity contribution < 1.29 is 19.4 Å². The van der Waals surface area contributed by atoms with Gasteiger partial charge in [0, 0.05) is 23.9 Å². The number of nitrogens with two attached hydrogens (primary N) is 1. The summed E-state index contributed by atoms with van der Waals surface area (Å²) in [6, 6.07) is 3.15. The van der Waals surface area contributed by atoms with Crippen LogP contribution in [-0.4, -0.2) is 37.8 Å². The smallest absolute Gasteiger partial charge is 0.337 e. The first-order valence-corrected chi connectivity index (χ1v) is 11.9. The van der Waals surface area contributed by atoms with Gasteiger partial charge in [-0.15, -0.1) is 0 Å². The van der Waals surface area contributed by atoms with Gasteiger partial charge >= 0.3 is 5.69 Å². The molecule has 1 aliphatic rings. The molecule has 196 valence electrons. The number of nitrogens with zero attached hydrogens (tertiary/aromatic N) is 3. The molecule has 1 aromatic carbocycles. The highest BCUT2D eigenvalue weighted by Gasteiger charge is 2.34. The second-order valence-electron chi connectivity index (χ2n) is 9.56. The summed E-state index contributed by atoms with van der Waals surface area (Å²) in [5.74, 6) is -0.534. The molecule has 0 radical (unpaired) electrons. The number of hydrogen-bond donors (Lipinski definition) is 3. The third-order valence-electron chi connectivity index (χ3n) is 6.74. The standard InChI is InChI=1S/C26H31N5O6/c1-7-30-24(34)18(21(27)31(25(30)35)16-9-8-12-28-23(16)36-6)29-22(33)17-14(3)19(32)13(2)15-10-11-26(4,5)37-20(15)17/h8-9,12,32H,7,10-11,27H2,1-6H3,(H,29,33). The lowest BCUT2D eigenvalue weighted by Crippen LogP contribution is -2.42. The van der Waals surface area contributed by atoms with E-state index in [1.54, 1.807) is 32.9 Å². The number of aromatic hydroxyl groups is 1. The summed E-state index contributed by atoms with van der Waals surface area (Å²) in [5, 5.41) is 13.4. The third kappa shape index (κ3) is 4.20. The van der Waals surface area contributed by atoms with E-state index in [9.17, 15) is 19.5 Å². The average molecular weight is 510 g/mol. The number of phenols is 1. The monoisotopic (exact) mass is 509 g/mol. The Bertz CT molecular complexity index is 1540. The van der Waals surface area contributed by atoms with Crippen molar-refractivity contribution in [1.29, 1.82) is 0 Å². The van der Waals surface area contributed by atoms with Crippen LogP contribution in [0.3, 0.4) is 0 Å². The predicted molar refractivity (Wildman–Crippen MR) is 139 cm³/mol. The first-order chi connectivity index (χ1) is 17.4. The number of nitrogens with one attached hydrogen (secondary N) is 1. The van der Waals surface area contributed by atoms with Crippen LogP contribution in [0.2, 0.25) is 0 Å². The minimum absolute atomic E-state index is 0.0174. The maximum atomic E-state index is 13.7. The third-order valence-corrected chi connectivity index (χ3v) is 6.74. The molecular formula is C26H31N5O6. The van der Waals surface area contributed by atoms with Crippen LogP contribution in [0, 0.1) is 13.8 Å². The number of anilines is 2. The Kier molecular flexibility index (Phi) is 6.49. The fourth-order valence-electron chi connectivity index (χ4n) is 4.66. The lowest BCUT2D eigenvalue weighted by atomic mass is 9.87. The lowest BCUT2D eigenvalue weighted by Gasteiger charge is -2.35. The maximum Gasteiger partial charge on any atom is 0.337 e. The van der Waals surface area contributed by atoms with Crippen LogP contribution in [0.15, 0.2) is 27.9 Å². The molecule has 3 aromatic rings. The van der Waals surface area contributed by atoms with Crippen molar-refractivity contribution in [2.45, 2.75) is 59.6 Å². The van der Waals surface area contributed by atoms with Crippen molar-refractivity contribution in [3.05, 3.63) is 61.4 Å². The number of aromatic nitrogens is 3. The van der Waals surface area contributed by atoms with E-state index < -0.39 is 22.8 Å². The molecular weight excluding hydrogens is 478 g/mol. The van der Waals surface area contributed by atoms with Crippen molar-refractivity contribution >= 4 is 17.4 Å². The number of benzene rings is 1. The lowest BCUT2D eigenvalue weighted by molar-refractivity contribution is 0.0805. The van der Waals surface area contributed by atoms with Crippen LogP contribution in [0.1, 0.15) is 54.2 Å². The number of fused-ring (bicyclic) bond motifs is 1. The highest BCUT2D eigenvalue weighted by atomic mass is 16.5. The minimum atomic E-state index is -0.762. The van der Waals surface area contributed by atoms with Gasteiger partial charge in [-0.2, -0.15) is 0 Å². The van der Waals surface area contributed by atoms with Gasteiger partial charge in [-0.25, -0.2) is 14.3 Å². The van der Waals surface area contributed by atoms with Crippen LogP contribution in [0.25, 0.3) is 5.69 Å². The number of carbonyl (C=O) groups is 1. The molecule has 0 aliphatic carbocycles. The maximum absolute atomic E-state index is 13.7. The number of carbonyl (C=O) groups excluding carboxylic acids is 1. The molecule has 4 N–H and O–H groups in total. The molecule has 0 spiro atoms. The Hall–Kier alpha value is -4.28. The van der Waals surface area contributed by atoms with Gasteiger partial charge in [-0.1, -0.05) is 0 Å². The van der Waals surface area contributed by atoms with Gasteiger partial charge in [0.1, 0.15) is 34.3 Å². The zero-order chi connectivity index (χ0) is 27.2. The van der Waals surface area contributed by atoms with Crippen LogP contribution >= 0.6 is 0 Å². The molecule has 11 nitrogen and oxygen atoms in total. The number of phenolic OH excluding ortho intramolecular Hbond substituents is 1.